The predicted molar refractivity (Wildman–Crippen MR) is 61.2 cm³/mol. The molecule has 0 aliphatic rings. The molecule has 0 amide bonds. The monoisotopic (exact) mass is 217 g/mol. The predicted octanol–water partition coefficient (Wildman–Crippen LogP) is 2.61. The first-order valence-electron chi connectivity index (χ1n) is 5.34. The Balaban J connectivity index is 3.26. The molecule has 0 unspecified atom stereocenters. The van der Waals surface area contributed by atoms with Gasteiger partial charge in [-0.3, -0.25) is 0 Å². The van der Waals surface area contributed by atoms with Crippen molar-refractivity contribution in [3.05, 3.63) is 34.4 Å². The molecule has 0 aliphatic carbocycles. The summed E-state index contributed by atoms with van der Waals surface area (Å²) in [6, 6.07) is 5.52. The smallest absolute Gasteiger partial charge is 0.339 e. The maximum atomic E-state index is 11.6. The summed E-state index contributed by atoms with van der Waals surface area (Å²) in [6.07, 6.45) is 0.837. The van der Waals surface area contributed by atoms with Crippen LogP contribution >= 0.6 is 0 Å². The summed E-state index contributed by atoms with van der Waals surface area (Å²) in [4.78, 5) is 11.6. The van der Waals surface area contributed by atoms with Crippen LogP contribution in [0, 0.1) is 18.3 Å². The second kappa shape index (κ2) is 5.32. The SMILES string of the molecule is CCOC(=O)c1cc(CC)c(C)cc1C#N. The van der Waals surface area contributed by atoms with Gasteiger partial charge in [-0.05, 0) is 43.5 Å². The van der Waals surface area contributed by atoms with E-state index in [2.05, 4.69) is 0 Å². The molecule has 1 aromatic carbocycles. The van der Waals surface area contributed by atoms with Crippen LogP contribution in [0.3, 0.4) is 0 Å². The Morgan fingerprint density at radius 1 is 1.44 bits per heavy atom. The standard InChI is InChI=1S/C13H15NO2/c1-4-10-7-12(13(15)16-5-2)11(8-14)6-9(10)3/h6-7H,4-5H2,1-3H3. The van der Waals surface area contributed by atoms with Crippen molar-refractivity contribution in [1.29, 1.82) is 5.26 Å². The van der Waals surface area contributed by atoms with E-state index in [1.807, 2.05) is 19.9 Å². The van der Waals surface area contributed by atoms with Gasteiger partial charge in [0, 0.05) is 0 Å². The van der Waals surface area contributed by atoms with Gasteiger partial charge in [-0.25, -0.2) is 4.79 Å². The van der Waals surface area contributed by atoms with Crippen LogP contribution in [0.25, 0.3) is 0 Å². The van der Waals surface area contributed by atoms with Gasteiger partial charge < -0.3 is 4.74 Å². The Labute approximate surface area is 95.7 Å². The number of nitrogens with zero attached hydrogens (tertiary/aromatic N) is 1. The van der Waals surface area contributed by atoms with E-state index in [-0.39, 0.29) is 0 Å². The third-order valence-corrected chi connectivity index (χ3v) is 2.47. The van der Waals surface area contributed by atoms with Crippen molar-refractivity contribution in [2.45, 2.75) is 27.2 Å². The maximum Gasteiger partial charge on any atom is 0.339 e. The van der Waals surface area contributed by atoms with Gasteiger partial charge in [0.1, 0.15) is 6.07 Å². The van der Waals surface area contributed by atoms with Gasteiger partial charge in [0.25, 0.3) is 0 Å². The van der Waals surface area contributed by atoms with Gasteiger partial charge in [0.2, 0.25) is 0 Å². The topological polar surface area (TPSA) is 50.1 Å². The second-order valence-electron chi connectivity index (χ2n) is 3.51. The van der Waals surface area contributed by atoms with E-state index < -0.39 is 5.97 Å². The van der Waals surface area contributed by atoms with Crippen LogP contribution in [0.15, 0.2) is 12.1 Å². The molecule has 0 bridgehead atoms. The van der Waals surface area contributed by atoms with Crippen LogP contribution in [0.4, 0.5) is 0 Å². The van der Waals surface area contributed by atoms with Crippen LogP contribution in [0.5, 0.6) is 0 Å². The summed E-state index contributed by atoms with van der Waals surface area (Å²) in [5, 5.41) is 8.97. The van der Waals surface area contributed by atoms with E-state index in [0.717, 1.165) is 17.5 Å². The number of nitriles is 1. The third kappa shape index (κ3) is 2.40. The highest BCUT2D eigenvalue weighted by Crippen LogP contribution is 2.17. The Morgan fingerprint density at radius 2 is 2.12 bits per heavy atom. The maximum absolute atomic E-state index is 11.6. The number of ether oxygens (including phenoxy) is 1. The van der Waals surface area contributed by atoms with Crippen LogP contribution in [0.1, 0.15) is 40.9 Å². The van der Waals surface area contributed by atoms with E-state index in [1.165, 1.54) is 0 Å². The first-order chi connectivity index (χ1) is 7.63. The van der Waals surface area contributed by atoms with Gasteiger partial charge in [-0.2, -0.15) is 5.26 Å². The lowest BCUT2D eigenvalue weighted by Crippen LogP contribution is -2.08. The summed E-state index contributed by atoms with van der Waals surface area (Å²) in [7, 11) is 0. The van der Waals surface area contributed by atoms with Crippen molar-refractivity contribution in [2.24, 2.45) is 0 Å². The molecule has 0 spiro atoms. The number of aryl methyl sites for hydroxylation is 2. The van der Waals surface area contributed by atoms with E-state index in [4.69, 9.17) is 10.00 Å². The molecule has 0 heterocycles. The van der Waals surface area contributed by atoms with Crippen LogP contribution in [-0.2, 0) is 11.2 Å². The highest BCUT2D eigenvalue weighted by Gasteiger charge is 2.14. The molecule has 16 heavy (non-hydrogen) atoms. The minimum absolute atomic E-state index is 0.318. The summed E-state index contributed by atoms with van der Waals surface area (Å²) < 4.78 is 4.92. The molecule has 0 radical (unpaired) electrons. The number of esters is 1. The number of benzene rings is 1. The molecular formula is C13H15NO2. The van der Waals surface area contributed by atoms with Crippen molar-refractivity contribution in [3.8, 4) is 6.07 Å². The molecule has 0 saturated carbocycles. The van der Waals surface area contributed by atoms with Crippen molar-refractivity contribution in [1.82, 2.24) is 0 Å². The Hall–Kier alpha value is -1.82. The van der Waals surface area contributed by atoms with Crippen molar-refractivity contribution < 1.29 is 9.53 Å². The van der Waals surface area contributed by atoms with E-state index in [9.17, 15) is 4.79 Å². The Morgan fingerprint density at radius 3 is 2.62 bits per heavy atom. The molecule has 0 atom stereocenters. The first kappa shape index (κ1) is 12.3. The zero-order chi connectivity index (χ0) is 12.1. The number of hydrogen-bond donors (Lipinski definition) is 0. The molecule has 0 aromatic heterocycles. The Kier molecular flexibility index (Phi) is 4.07. The number of carbonyl (C=O) groups excluding carboxylic acids is 1. The molecule has 0 saturated heterocycles. The van der Waals surface area contributed by atoms with Crippen LogP contribution in [-0.4, -0.2) is 12.6 Å². The van der Waals surface area contributed by atoms with Gasteiger partial charge in [0.15, 0.2) is 0 Å². The number of carbonyl (C=O) groups is 1. The summed E-state index contributed by atoms with van der Waals surface area (Å²) in [6.45, 7) is 6.02. The fourth-order valence-electron chi connectivity index (χ4n) is 1.60. The molecule has 0 N–H and O–H groups in total. The minimum Gasteiger partial charge on any atom is -0.462 e. The highest BCUT2D eigenvalue weighted by atomic mass is 16.5. The first-order valence-corrected chi connectivity index (χ1v) is 5.34. The summed E-state index contributed by atoms with van der Waals surface area (Å²) >= 11 is 0. The lowest BCUT2D eigenvalue weighted by molar-refractivity contribution is 0.0526. The Bertz CT molecular complexity index is 444. The van der Waals surface area contributed by atoms with Gasteiger partial charge in [0.05, 0.1) is 17.7 Å². The van der Waals surface area contributed by atoms with Gasteiger partial charge in [-0.1, -0.05) is 6.92 Å². The van der Waals surface area contributed by atoms with Crippen molar-refractivity contribution >= 4 is 5.97 Å². The average Bonchev–Trinajstić information content (AvgIpc) is 2.28. The van der Waals surface area contributed by atoms with Gasteiger partial charge in [-0.15, -0.1) is 0 Å². The molecule has 1 aromatic rings. The minimum atomic E-state index is -0.422. The molecule has 0 fully saturated rings. The zero-order valence-corrected chi connectivity index (χ0v) is 9.83. The zero-order valence-electron chi connectivity index (χ0n) is 9.83. The fraction of sp³-hybridized carbons (Fsp3) is 0.385. The van der Waals surface area contributed by atoms with Crippen molar-refractivity contribution in [2.75, 3.05) is 6.61 Å². The molecule has 0 aliphatic heterocycles. The summed E-state index contributed by atoms with van der Waals surface area (Å²) in [5.41, 5.74) is 2.86. The molecule has 1 rings (SSSR count). The van der Waals surface area contributed by atoms with Crippen LogP contribution < -0.4 is 0 Å². The normalized spacial score (nSPS) is 9.62. The quantitative estimate of drug-likeness (QED) is 0.731. The van der Waals surface area contributed by atoms with E-state index in [0.29, 0.717) is 17.7 Å². The van der Waals surface area contributed by atoms with Crippen molar-refractivity contribution in [3.63, 3.8) is 0 Å². The highest BCUT2D eigenvalue weighted by molar-refractivity contribution is 5.92. The molecular weight excluding hydrogens is 202 g/mol. The van der Waals surface area contributed by atoms with E-state index >= 15 is 0 Å². The van der Waals surface area contributed by atoms with Crippen LogP contribution in [0.2, 0.25) is 0 Å². The fourth-order valence-corrected chi connectivity index (χ4v) is 1.60. The third-order valence-electron chi connectivity index (χ3n) is 2.47. The number of hydrogen-bond acceptors (Lipinski definition) is 3. The average molecular weight is 217 g/mol. The lowest BCUT2D eigenvalue weighted by atomic mass is 9.98. The number of rotatable bonds is 3. The van der Waals surface area contributed by atoms with Gasteiger partial charge >= 0.3 is 5.97 Å². The largest absolute Gasteiger partial charge is 0.462 e. The molecule has 84 valence electrons. The molecule has 3 nitrogen and oxygen atoms in total. The molecule has 3 heteroatoms. The lowest BCUT2D eigenvalue weighted by Gasteiger charge is -2.08. The second-order valence-corrected chi connectivity index (χ2v) is 3.51. The summed E-state index contributed by atoms with van der Waals surface area (Å²) in [5.74, 6) is -0.422. The van der Waals surface area contributed by atoms with E-state index in [1.54, 1.807) is 19.1 Å².